The van der Waals surface area contributed by atoms with E-state index in [0.29, 0.717) is 13.0 Å². The van der Waals surface area contributed by atoms with Crippen molar-refractivity contribution < 1.29 is 19.5 Å². The molecule has 0 aliphatic carbocycles. The van der Waals surface area contributed by atoms with Crippen molar-refractivity contribution >= 4 is 17.8 Å². The van der Waals surface area contributed by atoms with Gasteiger partial charge in [-0.1, -0.05) is 65.0 Å². The number of carbonyl (C=O) groups excluding carboxylic acids is 2. The SMILES string of the molecule is CC(=C[C@H](C(C)C)N(C)C(=O)[C@@H](NC(=O)C1Cc2ccccc2CN1)C(C)(C)C)C(=O)O. The summed E-state index contributed by atoms with van der Waals surface area (Å²) < 4.78 is 0. The summed E-state index contributed by atoms with van der Waals surface area (Å²) in [6.45, 7) is 11.7. The molecule has 0 radical (unpaired) electrons. The van der Waals surface area contributed by atoms with Gasteiger partial charge in [-0.15, -0.1) is 0 Å². The van der Waals surface area contributed by atoms with Crippen LogP contribution in [0.5, 0.6) is 0 Å². The number of carboxylic acids is 1. The fraction of sp³-hybridized carbons (Fsp3) is 0.560. The Morgan fingerprint density at radius 3 is 2.31 bits per heavy atom. The van der Waals surface area contributed by atoms with Gasteiger partial charge in [0.25, 0.3) is 0 Å². The summed E-state index contributed by atoms with van der Waals surface area (Å²) in [7, 11) is 1.67. The number of amides is 2. The third-order valence-corrected chi connectivity index (χ3v) is 6.03. The number of likely N-dealkylation sites (N-methyl/N-ethyl adjacent to an activating group) is 1. The molecule has 0 bridgehead atoms. The zero-order valence-electron chi connectivity index (χ0n) is 20.2. The zero-order valence-corrected chi connectivity index (χ0v) is 20.2. The predicted octanol–water partition coefficient (Wildman–Crippen LogP) is 2.75. The minimum absolute atomic E-state index is 0.00563. The zero-order chi connectivity index (χ0) is 24.2. The monoisotopic (exact) mass is 443 g/mol. The average Bonchev–Trinajstić information content (AvgIpc) is 2.72. The van der Waals surface area contributed by atoms with Crippen LogP contribution in [0.3, 0.4) is 0 Å². The number of nitrogens with zero attached hydrogens (tertiary/aromatic N) is 1. The van der Waals surface area contributed by atoms with E-state index in [2.05, 4.69) is 10.6 Å². The van der Waals surface area contributed by atoms with Gasteiger partial charge in [0, 0.05) is 19.2 Å². The second kappa shape index (κ2) is 10.3. The van der Waals surface area contributed by atoms with Crippen LogP contribution in [0.25, 0.3) is 0 Å². The van der Waals surface area contributed by atoms with Gasteiger partial charge in [-0.05, 0) is 35.8 Å². The summed E-state index contributed by atoms with van der Waals surface area (Å²) >= 11 is 0. The van der Waals surface area contributed by atoms with Crippen molar-refractivity contribution in [3.05, 3.63) is 47.0 Å². The molecule has 2 amide bonds. The number of hydrogen-bond donors (Lipinski definition) is 3. The van der Waals surface area contributed by atoms with Crippen LogP contribution in [-0.2, 0) is 27.3 Å². The summed E-state index contributed by atoms with van der Waals surface area (Å²) in [5.41, 5.74) is 1.97. The molecule has 32 heavy (non-hydrogen) atoms. The maximum atomic E-state index is 13.5. The second-order valence-electron chi connectivity index (χ2n) is 10.1. The lowest BCUT2D eigenvalue weighted by Crippen LogP contribution is -2.59. The normalized spacial score (nSPS) is 18.5. The van der Waals surface area contributed by atoms with Gasteiger partial charge in [0.15, 0.2) is 0 Å². The van der Waals surface area contributed by atoms with E-state index in [1.807, 2.05) is 58.9 Å². The van der Waals surface area contributed by atoms with Crippen LogP contribution >= 0.6 is 0 Å². The Morgan fingerprint density at radius 1 is 1.19 bits per heavy atom. The Hall–Kier alpha value is -2.67. The van der Waals surface area contributed by atoms with Crippen LogP contribution in [0.1, 0.15) is 52.7 Å². The molecule has 176 valence electrons. The van der Waals surface area contributed by atoms with Crippen LogP contribution in [0.2, 0.25) is 0 Å². The predicted molar refractivity (Wildman–Crippen MR) is 125 cm³/mol. The highest BCUT2D eigenvalue weighted by atomic mass is 16.4. The molecule has 1 aliphatic rings. The summed E-state index contributed by atoms with van der Waals surface area (Å²) in [5, 5.41) is 15.5. The maximum Gasteiger partial charge on any atom is 0.331 e. The number of benzene rings is 1. The van der Waals surface area contributed by atoms with Crippen molar-refractivity contribution in [3.8, 4) is 0 Å². The summed E-state index contributed by atoms with van der Waals surface area (Å²) in [6.07, 6.45) is 2.17. The van der Waals surface area contributed by atoms with Crippen molar-refractivity contribution in [1.82, 2.24) is 15.5 Å². The Bertz CT molecular complexity index is 885. The summed E-state index contributed by atoms with van der Waals surface area (Å²) in [4.78, 5) is 39.5. The van der Waals surface area contributed by atoms with Crippen molar-refractivity contribution in [1.29, 1.82) is 0 Å². The molecule has 1 aromatic rings. The number of nitrogens with one attached hydrogen (secondary N) is 2. The van der Waals surface area contributed by atoms with E-state index in [1.54, 1.807) is 18.0 Å². The quantitative estimate of drug-likeness (QED) is 0.563. The Labute approximate surface area is 191 Å². The van der Waals surface area contributed by atoms with Gasteiger partial charge in [0.05, 0.1) is 12.1 Å². The standard InChI is InChI=1S/C25H37N3O4/c1-15(2)20(12-16(3)24(31)32)28(7)23(30)21(25(4,5)6)27-22(29)19-13-17-10-8-9-11-18(17)14-26-19/h8-12,15,19-21,26H,13-14H2,1-7H3,(H,27,29)(H,31,32)/t19?,20-,21-/m1/s1. The number of fused-ring (bicyclic) bond motifs is 1. The molecule has 7 heteroatoms. The molecule has 3 N–H and O–H groups in total. The van der Waals surface area contributed by atoms with Crippen molar-refractivity contribution in [3.63, 3.8) is 0 Å². The van der Waals surface area contributed by atoms with E-state index in [1.165, 1.54) is 12.5 Å². The van der Waals surface area contributed by atoms with E-state index >= 15 is 0 Å². The molecular weight excluding hydrogens is 406 g/mol. The van der Waals surface area contributed by atoms with Gasteiger partial charge < -0.3 is 20.6 Å². The van der Waals surface area contributed by atoms with Crippen LogP contribution < -0.4 is 10.6 Å². The molecule has 1 aromatic carbocycles. The molecule has 3 atom stereocenters. The lowest BCUT2D eigenvalue weighted by Gasteiger charge is -2.38. The van der Waals surface area contributed by atoms with Crippen LogP contribution in [-0.4, -0.2) is 53.0 Å². The van der Waals surface area contributed by atoms with Crippen molar-refractivity contribution in [2.45, 2.75) is 72.6 Å². The molecule has 0 fully saturated rings. The third kappa shape index (κ3) is 6.19. The van der Waals surface area contributed by atoms with Gasteiger partial charge in [0.2, 0.25) is 11.8 Å². The molecule has 0 saturated heterocycles. The molecule has 7 nitrogen and oxygen atoms in total. The molecule has 0 saturated carbocycles. The number of carboxylic acid groups (broad SMARTS) is 1. The highest BCUT2D eigenvalue weighted by Crippen LogP contribution is 2.24. The van der Waals surface area contributed by atoms with E-state index < -0.39 is 29.5 Å². The molecule has 0 aromatic heterocycles. The number of hydrogen-bond acceptors (Lipinski definition) is 4. The first-order valence-electron chi connectivity index (χ1n) is 11.1. The lowest BCUT2D eigenvalue weighted by atomic mass is 9.84. The Morgan fingerprint density at radius 2 is 1.78 bits per heavy atom. The van der Waals surface area contributed by atoms with Crippen molar-refractivity contribution in [2.75, 3.05) is 7.05 Å². The minimum atomic E-state index is -1.01. The Kier molecular flexibility index (Phi) is 8.24. The largest absolute Gasteiger partial charge is 0.478 e. The van der Waals surface area contributed by atoms with Gasteiger partial charge >= 0.3 is 5.97 Å². The first-order chi connectivity index (χ1) is 14.8. The molecule has 1 unspecified atom stereocenters. The van der Waals surface area contributed by atoms with Crippen molar-refractivity contribution in [2.24, 2.45) is 11.3 Å². The fourth-order valence-corrected chi connectivity index (χ4v) is 3.96. The smallest absolute Gasteiger partial charge is 0.331 e. The molecule has 1 aliphatic heterocycles. The molecule has 0 spiro atoms. The molecule has 1 heterocycles. The van der Waals surface area contributed by atoms with Gasteiger partial charge in [-0.2, -0.15) is 0 Å². The first kappa shape index (κ1) is 25.6. The van der Waals surface area contributed by atoms with E-state index in [0.717, 1.165) is 5.56 Å². The van der Waals surface area contributed by atoms with Gasteiger partial charge in [-0.25, -0.2) is 4.79 Å². The van der Waals surface area contributed by atoms with Crippen LogP contribution in [0, 0.1) is 11.3 Å². The second-order valence-corrected chi connectivity index (χ2v) is 10.1. The van der Waals surface area contributed by atoms with Gasteiger partial charge in [-0.3, -0.25) is 9.59 Å². The molecular formula is C25H37N3O4. The lowest BCUT2D eigenvalue weighted by molar-refractivity contribution is -0.140. The number of aliphatic carboxylic acids is 1. The minimum Gasteiger partial charge on any atom is -0.478 e. The fourth-order valence-electron chi connectivity index (χ4n) is 3.96. The van der Waals surface area contributed by atoms with E-state index in [-0.39, 0.29) is 23.3 Å². The first-order valence-corrected chi connectivity index (χ1v) is 11.1. The average molecular weight is 444 g/mol. The highest BCUT2D eigenvalue weighted by molar-refractivity contribution is 5.91. The Balaban J connectivity index is 2.22. The topological polar surface area (TPSA) is 98.7 Å². The highest BCUT2D eigenvalue weighted by Gasteiger charge is 2.38. The van der Waals surface area contributed by atoms with Crippen LogP contribution in [0.4, 0.5) is 0 Å². The molecule has 2 rings (SSSR count). The third-order valence-electron chi connectivity index (χ3n) is 6.03. The maximum absolute atomic E-state index is 13.5. The summed E-state index contributed by atoms with van der Waals surface area (Å²) in [6, 6.07) is 6.46. The summed E-state index contributed by atoms with van der Waals surface area (Å²) in [5.74, 6) is -1.46. The van der Waals surface area contributed by atoms with E-state index in [9.17, 15) is 19.5 Å². The van der Waals surface area contributed by atoms with E-state index in [4.69, 9.17) is 0 Å². The van der Waals surface area contributed by atoms with Crippen LogP contribution in [0.15, 0.2) is 35.9 Å². The number of rotatable bonds is 7. The van der Waals surface area contributed by atoms with Gasteiger partial charge in [0.1, 0.15) is 6.04 Å². The number of carbonyl (C=O) groups is 3.